The lowest BCUT2D eigenvalue weighted by molar-refractivity contribution is -0.138. The van der Waals surface area contributed by atoms with E-state index in [-0.39, 0.29) is 23.4 Å². The Kier molecular flexibility index (Phi) is 8.70. The van der Waals surface area contributed by atoms with Crippen LogP contribution in [0.5, 0.6) is 5.75 Å². The van der Waals surface area contributed by atoms with Crippen molar-refractivity contribution in [1.82, 2.24) is 9.13 Å². The highest BCUT2D eigenvalue weighted by Crippen LogP contribution is 2.41. The van der Waals surface area contributed by atoms with Gasteiger partial charge in [-0.05, 0) is 96.5 Å². The van der Waals surface area contributed by atoms with E-state index in [9.17, 15) is 35.9 Å². The van der Waals surface area contributed by atoms with Crippen LogP contribution in [0.1, 0.15) is 84.9 Å². The van der Waals surface area contributed by atoms with Crippen LogP contribution in [0, 0.1) is 0 Å². The molecule has 2 aliphatic rings. The van der Waals surface area contributed by atoms with Crippen molar-refractivity contribution in [2.24, 2.45) is 0 Å². The van der Waals surface area contributed by atoms with E-state index in [1.54, 1.807) is 30.6 Å². The van der Waals surface area contributed by atoms with Gasteiger partial charge in [-0.1, -0.05) is 62.1 Å². The van der Waals surface area contributed by atoms with Gasteiger partial charge in [0.2, 0.25) is 0 Å². The van der Waals surface area contributed by atoms with Gasteiger partial charge >= 0.3 is 18.3 Å². The molecule has 2 saturated carbocycles. The Morgan fingerprint density at radius 3 is 1.43 bits per heavy atom. The third kappa shape index (κ3) is 6.62. The number of benzene rings is 4. The number of nitrogens with zero attached hydrogens (tertiary/aromatic N) is 2. The number of hydrogen-bond donors (Lipinski definition) is 0. The van der Waals surface area contributed by atoms with E-state index in [4.69, 9.17) is 4.74 Å². The number of alkyl halides is 6. The molecule has 2 heterocycles. The second-order valence-electron chi connectivity index (χ2n) is 14.1. The van der Waals surface area contributed by atoms with Gasteiger partial charge in [0.25, 0.3) is 5.78 Å². The number of carbonyl (C=O) groups excluding carboxylic acids is 2. The van der Waals surface area contributed by atoms with Gasteiger partial charge in [-0.3, -0.25) is 4.79 Å². The average molecular weight is 729 g/mol. The van der Waals surface area contributed by atoms with Gasteiger partial charge < -0.3 is 13.9 Å². The molecule has 0 radical (unpaired) electrons. The number of aromatic nitrogens is 2. The fourth-order valence-electron chi connectivity index (χ4n) is 8.03. The number of ether oxygens (including phenoxy) is 1. The predicted molar refractivity (Wildman–Crippen MR) is 190 cm³/mol. The van der Waals surface area contributed by atoms with Crippen molar-refractivity contribution in [2.75, 3.05) is 0 Å². The van der Waals surface area contributed by atoms with Gasteiger partial charge in [-0.25, -0.2) is 4.79 Å². The summed E-state index contributed by atoms with van der Waals surface area (Å²) in [6.45, 7) is 0. The van der Waals surface area contributed by atoms with Crippen LogP contribution in [-0.2, 0) is 17.1 Å². The van der Waals surface area contributed by atoms with Crippen LogP contribution in [0.25, 0.3) is 44.1 Å². The topological polar surface area (TPSA) is 53.2 Å². The predicted octanol–water partition coefficient (Wildman–Crippen LogP) is 12.0. The summed E-state index contributed by atoms with van der Waals surface area (Å²) < 4.78 is 89.4. The summed E-state index contributed by atoms with van der Waals surface area (Å²) in [7, 11) is 0. The van der Waals surface area contributed by atoms with E-state index in [0.29, 0.717) is 33.0 Å². The number of rotatable bonds is 7. The highest BCUT2D eigenvalue weighted by molar-refractivity contribution is 6.43. The molecule has 5 nitrogen and oxygen atoms in total. The molecule has 11 heteroatoms. The molecule has 2 aromatic heterocycles. The monoisotopic (exact) mass is 728 g/mol. The summed E-state index contributed by atoms with van der Waals surface area (Å²) in [6, 6.07) is 20.7. The van der Waals surface area contributed by atoms with Crippen LogP contribution in [0.15, 0.2) is 97.3 Å². The first-order chi connectivity index (χ1) is 25.3. The summed E-state index contributed by atoms with van der Waals surface area (Å²) in [5, 5.41) is 1.04. The number of halogens is 6. The van der Waals surface area contributed by atoms with Gasteiger partial charge in [0.1, 0.15) is 0 Å². The zero-order chi connectivity index (χ0) is 37.1. The molecule has 0 aliphatic heterocycles. The number of carbonyl (C=O) groups is 2. The Morgan fingerprint density at radius 2 is 0.962 bits per heavy atom. The molecule has 53 heavy (non-hydrogen) atoms. The number of hydrogen-bond acceptors (Lipinski definition) is 3. The number of fused-ring (bicyclic) bond motifs is 2. The largest absolute Gasteiger partial charge is 0.418 e. The van der Waals surface area contributed by atoms with Gasteiger partial charge in [0.05, 0.1) is 22.2 Å². The van der Waals surface area contributed by atoms with Crippen molar-refractivity contribution < 1.29 is 40.7 Å². The van der Waals surface area contributed by atoms with Crippen molar-refractivity contribution in [2.45, 2.75) is 75.8 Å². The minimum atomic E-state index is -4.48. The number of esters is 1. The first-order valence-corrected chi connectivity index (χ1v) is 17.8. The van der Waals surface area contributed by atoms with Crippen LogP contribution in [0.3, 0.4) is 0 Å². The van der Waals surface area contributed by atoms with Crippen molar-refractivity contribution in [1.29, 1.82) is 0 Å². The molecule has 8 rings (SSSR count). The third-order valence-corrected chi connectivity index (χ3v) is 10.8. The maximum atomic E-state index is 14.1. The number of ketones is 1. The fraction of sp³-hybridized carbons (Fsp3) is 0.286. The SMILES string of the molecule is O=C(Oc1cn(C2CCCC2)c2ccc(-c3ccc(C(F)(F)F)cc3)cc12)C(=O)c1cn(C2CCCC2)c2ccc(-c3ccc(C(F)(F)F)cc3)cc12. The first kappa shape index (κ1) is 34.7. The fourth-order valence-corrected chi connectivity index (χ4v) is 8.03. The maximum Gasteiger partial charge on any atom is 0.416 e. The average Bonchev–Trinajstić information content (AvgIpc) is 3.97. The van der Waals surface area contributed by atoms with Crippen LogP contribution in [0.2, 0.25) is 0 Å². The van der Waals surface area contributed by atoms with Crippen LogP contribution < -0.4 is 4.74 Å². The normalized spacial score (nSPS) is 15.9. The lowest BCUT2D eigenvalue weighted by Gasteiger charge is -2.13. The van der Waals surface area contributed by atoms with Crippen LogP contribution in [0.4, 0.5) is 26.3 Å². The van der Waals surface area contributed by atoms with Crippen LogP contribution in [-0.4, -0.2) is 20.9 Å². The summed E-state index contributed by atoms with van der Waals surface area (Å²) >= 11 is 0. The highest BCUT2D eigenvalue weighted by Gasteiger charge is 2.32. The summed E-state index contributed by atoms with van der Waals surface area (Å²) in [5.74, 6) is -1.79. The van der Waals surface area contributed by atoms with Crippen LogP contribution >= 0.6 is 0 Å². The lowest BCUT2D eigenvalue weighted by Crippen LogP contribution is -2.20. The smallest absolute Gasteiger partial charge is 0.416 e. The van der Waals surface area contributed by atoms with Gasteiger partial charge in [-0.2, -0.15) is 26.3 Å². The van der Waals surface area contributed by atoms with E-state index in [2.05, 4.69) is 0 Å². The molecular weight excluding hydrogens is 694 g/mol. The quantitative estimate of drug-likeness (QED) is 0.0712. The molecule has 0 N–H and O–H groups in total. The Bertz CT molecular complexity index is 2340. The second kappa shape index (κ2) is 13.3. The lowest BCUT2D eigenvalue weighted by atomic mass is 10.00. The Morgan fingerprint density at radius 1 is 0.547 bits per heavy atom. The Hall–Kier alpha value is -5.32. The standard InChI is InChI=1S/C42H34F6N2O3/c43-41(44,45)29-15-9-25(10-16-29)27-13-19-36-33(21-27)35(23-49(36)31-5-1-2-6-31)39(51)40(52)53-38-24-50(32-7-3-4-8-32)37-20-14-28(22-34(37)38)26-11-17-30(18-12-26)42(46,47)48/h9-24,31-32H,1-8H2. The second-order valence-corrected chi connectivity index (χ2v) is 14.1. The Balaban J connectivity index is 1.16. The van der Waals surface area contributed by atoms with Gasteiger partial charge in [0.15, 0.2) is 5.75 Å². The summed E-state index contributed by atoms with van der Waals surface area (Å²) in [5.41, 5.74) is 2.41. The van der Waals surface area contributed by atoms with E-state index < -0.39 is 35.2 Å². The molecule has 6 aromatic rings. The molecule has 272 valence electrons. The molecule has 2 fully saturated rings. The molecule has 0 amide bonds. The molecule has 0 atom stereocenters. The Labute approximate surface area is 300 Å². The van der Waals surface area contributed by atoms with Crippen molar-refractivity contribution in [3.05, 3.63) is 114 Å². The first-order valence-electron chi connectivity index (χ1n) is 17.8. The van der Waals surface area contributed by atoms with Crippen molar-refractivity contribution >= 4 is 33.6 Å². The molecular formula is C42H34F6N2O3. The van der Waals surface area contributed by atoms with Crippen molar-refractivity contribution in [3.8, 4) is 28.0 Å². The third-order valence-electron chi connectivity index (χ3n) is 10.8. The molecule has 0 unspecified atom stereocenters. The van der Waals surface area contributed by atoms with E-state index in [1.807, 2.05) is 27.3 Å². The highest BCUT2D eigenvalue weighted by atomic mass is 19.4. The minimum Gasteiger partial charge on any atom is -0.418 e. The number of Topliss-reactive ketones (excluding diaryl/α,β-unsaturated/α-hetero) is 1. The molecule has 0 saturated heterocycles. The molecule has 4 aromatic carbocycles. The minimum absolute atomic E-state index is 0.125. The van der Waals surface area contributed by atoms with E-state index >= 15 is 0 Å². The zero-order valence-electron chi connectivity index (χ0n) is 28.4. The van der Waals surface area contributed by atoms with Gasteiger partial charge in [0, 0.05) is 40.8 Å². The van der Waals surface area contributed by atoms with Gasteiger partial charge in [-0.15, -0.1) is 0 Å². The molecule has 0 spiro atoms. The van der Waals surface area contributed by atoms with Crippen molar-refractivity contribution in [3.63, 3.8) is 0 Å². The van der Waals surface area contributed by atoms with E-state index in [0.717, 1.165) is 86.7 Å². The summed E-state index contributed by atoms with van der Waals surface area (Å²) in [6.07, 6.45) is 2.28. The zero-order valence-corrected chi connectivity index (χ0v) is 28.4. The molecule has 2 aliphatic carbocycles. The molecule has 0 bridgehead atoms. The van der Waals surface area contributed by atoms with E-state index in [1.165, 1.54) is 24.3 Å². The summed E-state index contributed by atoms with van der Waals surface area (Å²) in [4.78, 5) is 27.9. The maximum absolute atomic E-state index is 14.1.